The van der Waals surface area contributed by atoms with E-state index in [1.807, 2.05) is 0 Å². The Kier molecular flexibility index (Phi) is 4.04. The number of methoxy groups -OCH3 is 3. The van der Waals surface area contributed by atoms with Crippen molar-refractivity contribution in [2.45, 2.75) is 0 Å². The SMILES string of the molecule is COc1cc2occ(-c3cccc(O)c3OC)c(=O)c2cc1OC. The van der Waals surface area contributed by atoms with Crippen molar-refractivity contribution in [2.75, 3.05) is 21.3 Å². The molecule has 3 aromatic rings. The number of rotatable bonds is 4. The number of hydrogen-bond acceptors (Lipinski definition) is 6. The number of ether oxygens (including phenoxy) is 3. The first-order chi connectivity index (χ1) is 11.6. The van der Waals surface area contributed by atoms with Crippen molar-refractivity contribution in [3.63, 3.8) is 0 Å². The first-order valence-electron chi connectivity index (χ1n) is 7.14. The smallest absolute Gasteiger partial charge is 0.200 e. The van der Waals surface area contributed by atoms with Gasteiger partial charge in [0.2, 0.25) is 5.43 Å². The summed E-state index contributed by atoms with van der Waals surface area (Å²) in [5.74, 6) is 1.06. The first kappa shape index (κ1) is 15.7. The zero-order valence-electron chi connectivity index (χ0n) is 13.5. The zero-order chi connectivity index (χ0) is 17.3. The molecule has 0 atom stereocenters. The van der Waals surface area contributed by atoms with Crippen LogP contribution in [0.3, 0.4) is 0 Å². The van der Waals surface area contributed by atoms with Gasteiger partial charge in [-0.25, -0.2) is 0 Å². The average molecular weight is 328 g/mol. The molecule has 0 unspecified atom stereocenters. The van der Waals surface area contributed by atoms with E-state index >= 15 is 0 Å². The second kappa shape index (κ2) is 6.16. The zero-order valence-corrected chi connectivity index (χ0v) is 13.5. The van der Waals surface area contributed by atoms with Crippen molar-refractivity contribution in [3.05, 3.63) is 46.8 Å². The highest BCUT2D eigenvalue weighted by Crippen LogP contribution is 2.37. The third-order valence-corrected chi connectivity index (χ3v) is 3.77. The molecular weight excluding hydrogens is 312 g/mol. The molecule has 0 aliphatic rings. The van der Waals surface area contributed by atoms with E-state index < -0.39 is 0 Å². The van der Waals surface area contributed by atoms with Gasteiger partial charge in [0.1, 0.15) is 11.8 Å². The van der Waals surface area contributed by atoms with Gasteiger partial charge in [0.15, 0.2) is 23.0 Å². The number of hydrogen-bond donors (Lipinski definition) is 1. The Bertz CT molecular complexity index is 958. The molecular formula is C18H16O6. The number of benzene rings is 2. The molecule has 3 rings (SSSR count). The summed E-state index contributed by atoms with van der Waals surface area (Å²) in [6.45, 7) is 0. The van der Waals surface area contributed by atoms with Crippen LogP contribution in [-0.4, -0.2) is 26.4 Å². The van der Waals surface area contributed by atoms with E-state index in [2.05, 4.69) is 0 Å². The summed E-state index contributed by atoms with van der Waals surface area (Å²) in [4.78, 5) is 12.9. The maximum Gasteiger partial charge on any atom is 0.200 e. The first-order valence-corrected chi connectivity index (χ1v) is 7.14. The number of fused-ring (bicyclic) bond motifs is 1. The van der Waals surface area contributed by atoms with Crippen molar-refractivity contribution in [1.29, 1.82) is 0 Å². The fourth-order valence-electron chi connectivity index (χ4n) is 2.59. The predicted octanol–water partition coefficient (Wildman–Crippen LogP) is 3.19. The largest absolute Gasteiger partial charge is 0.504 e. The van der Waals surface area contributed by atoms with E-state index in [9.17, 15) is 9.90 Å². The van der Waals surface area contributed by atoms with Gasteiger partial charge in [0.25, 0.3) is 0 Å². The molecule has 0 radical (unpaired) electrons. The Morgan fingerprint density at radius 3 is 2.33 bits per heavy atom. The normalized spacial score (nSPS) is 10.6. The lowest BCUT2D eigenvalue weighted by molar-refractivity contribution is 0.355. The maximum absolute atomic E-state index is 12.9. The fraction of sp³-hybridized carbons (Fsp3) is 0.167. The number of para-hydroxylation sites is 1. The van der Waals surface area contributed by atoms with E-state index in [-0.39, 0.29) is 22.5 Å². The molecule has 0 aliphatic heterocycles. The van der Waals surface area contributed by atoms with Crippen molar-refractivity contribution in [3.8, 4) is 34.1 Å². The monoisotopic (exact) mass is 328 g/mol. The Hall–Kier alpha value is -3.15. The Morgan fingerprint density at radius 2 is 1.67 bits per heavy atom. The molecule has 0 aliphatic carbocycles. The van der Waals surface area contributed by atoms with Gasteiger partial charge in [0, 0.05) is 11.6 Å². The molecule has 0 saturated heterocycles. The molecule has 6 heteroatoms. The minimum atomic E-state index is -0.263. The van der Waals surface area contributed by atoms with Crippen LogP contribution in [0.2, 0.25) is 0 Å². The molecule has 0 saturated carbocycles. The standard InChI is InChI=1S/C18H16O6/c1-21-15-7-11-14(8-16(15)22-2)24-9-12(17(11)20)10-5-4-6-13(19)18(10)23-3/h4-9,19H,1-3H3. The van der Waals surface area contributed by atoms with Gasteiger partial charge < -0.3 is 23.7 Å². The van der Waals surface area contributed by atoms with Crippen LogP contribution in [0.4, 0.5) is 0 Å². The van der Waals surface area contributed by atoms with Gasteiger partial charge in [-0.15, -0.1) is 0 Å². The van der Waals surface area contributed by atoms with Gasteiger partial charge in [-0.3, -0.25) is 4.79 Å². The van der Waals surface area contributed by atoms with Gasteiger partial charge in [0.05, 0.1) is 32.3 Å². The van der Waals surface area contributed by atoms with E-state index in [1.54, 1.807) is 24.3 Å². The molecule has 6 nitrogen and oxygen atoms in total. The summed E-state index contributed by atoms with van der Waals surface area (Å²) in [5, 5.41) is 10.3. The van der Waals surface area contributed by atoms with Crippen LogP contribution in [0.25, 0.3) is 22.1 Å². The van der Waals surface area contributed by atoms with Crippen molar-refractivity contribution >= 4 is 11.0 Å². The lowest BCUT2D eigenvalue weighted by Gasteiger charge is -2.11. The third kappa shape index (κ3) is 2.42. The Labute approximate surface area is 137 Å². The highest BCUT2D eigenvalue weighted by molar-refractivity contribution is 5.86. The van der Waals surface area contributed by atoms with E-state index in [0.29, 0.717) is 28.0 Å². The average Bonchev–Trinajstić information content (AvgIpc) is 2.61. The molecule has 1 aromatic heterocycles. The molecule has 24 heavy (non-hydrogen) atoms. The van der Waals surface area contributed by atoms with Crippen molar-refractivity contribution in [2.24, 2.45) is 0 Å². The summed E-state index contributed by atoms with van der Waals surface area (Å²) in [5.41, 5.74) is 0.840. The van der Waals surface area contributed by atoms with Crippen LogP contribution in [-0.2, 0) is 0 Å². The summed E-state index contributed by atoms with van der Waals surface area (Å²) < 4.78 is 21.2. The molecule has 0 spiro atoms. The van der Waals surface area contributed by atoms with Gasteiger partial charge in [-0.2, -0.15) is 0 Å². The van der Waals surface area contributed by atoms with Crippen LogP contribution in [0.1, 0.15) is 0 Å². The van der Waals surface area contributed by atoms with Crippen LogP contribution in [0.5, 0.6) is 23.0 Å². The van der Waals surface area contributed by atoms with E-state index in [4.69, 9.17) is 18.6 Å². The maximum atomic E-state index is 12.9. The number of phenols is 1. The van der Waals surface area contributed by atoms with Gasteiger partial charge >= 0.3 is 0 Å². The van der Waals surface area contributed by atoms with E-state index in [1.165, 1.54) is 33.7 Å². The minimum absolute atomic E-state index is 0.0539. The highest BCUT2D eigenvalue weighted by Gasteiger charge is 2.17. The number of aromatic hydroxyl groups is 1. The quantitative estimate of drug-likeness (QED) is 0.792. The molecule has 0 fully saturated rings. The summed E-state index contributed by atoms with van der Waals surface area (Å²) in [7, 11) is 4.43. The molecule has 1 heterocycles. The fourth-order valence-corrected chi connectivity index (χ4v) is 2.59. The molecule has 0 amide bonds. The lowest BCUT2D eigenvalue weighted by atomic mass is 10.0. The molecule has 1 N–H and O–H groups in total. The van der Waals surface area contributed by atoms with Crippen LogP contribution >= 0.6 is 0 Å². The summed E-state index contributed by atoms with van der Waals surface area (Å²) >= 11 is 0. The van der Waals surface area contributed by atoms with Crippen LogP contribution in [0, 0.1) is 0 Å². The summed E-state index contributed by atoms with van der Waals surface area (Å²) in [6, 6.07) is 7.96. The second-order valence-corrected chi connectivity index (χ2v) is 5.04. The van der Waals surface area contributed by atoms with Gasteiger partial charge in [-0.1, -0.05) is 12.1 Å². The van der Waals surface area contributed by atoms with Crippen LogP contribution < -0.4 is 19.6 Å². The Balaban J connectivity index is 2.31. The molecule has 2 aromatic carbocycles. The third-order valence-electron chi connectivity index (χ3n) is 3.77. The molecule has 0 bridgehead atoms. The topological polar surface area (TPSA) is 78.1 Å². The van der Waals surface area contributed by atoms with E-state index in [0.717, 1.165) is 0 Å². The number of phenolic OH excluding ortho intramolecular Hbond substituents is 1. The van der Waals surface area contributed by atoms with Crippen molar-refractivity contribution < 1.29 is 23.7 Å². The predicted molar refractivity (Wildman–Crippen MR) is 89.2 cm³/mol. The van der Waals surface area contributed by atoms with Crippen LogP contribution in [0.15, 0.2) is 45.8 Å². The summed E-state index contributed by atoms with van der Waals surface area (Å²) in [6.07, 6.45) is 1.34. The lowest BCUT2D eigenvalue weighted by Crippen LogP contribution is -2.06. The Morgan fingerprint density at radius 1 is 0.958 bits per heavy atom. The molecule has 124 valence electrons. The van der Waals surface area contributed by atoms with Gasteiger partial charge in [-0.05, 0) is 12.1 Å². The second-order valence-electron chi connectivity index (χ2n) is 5.04. The van der Waals surface area contributed by atoms with Crippen molar-refractivity contribution in [1.82, 2.24) is 0 Å². The highest BCUT2D eigenvalue weighted by atomic mass is 16.5. The minimum Gasteiger partial charge on any atom is -0.504 e.